The second-order valence-corrected chi connectivity index (χ2v) is 16.7. The van der Waals surface area contributed by atoms with Crippen molar-refractivity contribution in [3.05, 3.63) is 85.1 Å². The van der Waals surface area contributed by atoms with Crippen molar-refractivity contribution < 1.29 is 28.6 Å². The molecule has 0 aromatic carbocycles. The summed E-state index contributed by atoms with van der Waals surface area (Å²) in [5, 5.41) is 0. The van der Waals surface area contributed by atoms with Crippen LogP contribution in [0.4, 0.5) is 0 Å². The van der Waals surface area contributed by atoms with Gasteiger partial charge in [0.05, 0.1) is 6.42 Å². The summed E-state index contributed by atoms with van der Waals surface area (Å²) in [4.78, 5) is 37.8. The zero-order valence-electron chi connectivity index (χ0n) is 40.4. The van der Waals surface area contributed by atoms with E-state index in [1.54, 1.807) is 6.08 Å². The molecule has 0 rings (SSSR count). The number of carbonyl (C=O) groups is 3. The van der Waals surface area contributed by atoms with E-state index in [0.29, 0.717) is 12.8 Å². The van der Waals surface area contributed by atoms with Crippen LogP contribution in [0, 0.1) is 0 Å². The fraction of sp³-hybridized carbons (Fsp3) is 0.696. The van der Waals surface area contributed by atoms with Crippen molar-refractivity contribution in [2.24, 2.45) is 0 Å². The van der Waals surface area contributed by atoms with E-state index in [2.05, 4.69) is 93.7 Å². The molecule has 6 heteroatoms. The van der Waals surface area contributed by atoms with Gasteiger partial charge in [0, 0.05) is 12.8 Å². The maximum Gasteiger partial charge on any atom is 0.309 e. The molecule has 0 heterocycles. The van der Waals surface area contributed by atoms with Crippen LogP contribution in [0.5, 0.6) is 0 Å². The highest BCUT2D eigenvalue weighted by Gasteiger charge is 2.19. The molecule has 6 nitrogen and oxygen atoms in total. The van der Waals surface area contributed by atoms with E-state index in [1.165, 1.54) is 103 Å². The number of rotatable bonds is 45. The quantitative estimate of drug-likeness (QED) is 0.0199. The van der Waals surface area contributed by atoms with Gasteiger partial charge in [-0.3, -0.25) is 14.4 Å². The summed E-state index contributed by atoms with van der Waals surface area (Å²) in [7, 11) is 0. The van der Waals surface area contributed by atoms with Gasteiger partial charge in [0.15, 0.2) is 6.10 Å². The van der Waals surface area contributed by atoms with Crippen LogP contribution in [0.2, 0.25) is 0 Å². The number of unbranched alkanes of at least 4 members (excludes halogenated alkanes) is 22. The van der Waals surface area contributed by atoms with Crippen LogP contribution in [-0.4, -0.2) is 37.2 Å². The molecule has 0 saturated heterocycles. The lowest BCUT2D eigenvalue weighted by molar-refractivity contribution is -0.166. The van der Waals surface area contributed by atoms with E-state index in [0.717, 1.165) is 89.9 Å². The van der Waals surface area contributed by atoms with Crippen molar-refractivity contribution in [1.82, 2.24) is 0 Å². The third-order valence-electron chi connectivity index (χ3n) is 10.7. The van der Waals surface area contributed by atoms with Gasteiger partial charge in [0.1, 0.15) is 13.2 Å². The number of hydrogen-bond acceptors (Lipinski definition) is 6. The smallest absolute Gasteiger partial charge is 0.309 e. The van der Waals surface area contributed by atoms with Crippen molar-refractivity contribution >= 4 is 17.9 Å². The molecule has 0 amide bonds. The number of allylic oxidation sites excluding steroid dienone is 13. The Morgan fingerprint density at radius 1 is 0.371 bits per heavy atom. The minimum Gasteiger partial charge on any atom is -0.462 e. The Labute approximate surface area is 382 Å². The normalized spacial score (nSPS) is 12.8. The van der Waals surface area contributed by atoms with Crippen molar-refractivity contribution in [3.8, 4) is 0 Å². The molecule has 0 bridgehead atoms. The Bertz CT molecular complexity index is 1220. The van der Waals surface area contributed by atoms with Crippen molar-refractivity contribution in [3.63, 3.8) is 0 Å². The molecule has 1 atom stereocenters. The van der Waals surface area contributed by atoms with E-state index in [-0.39, 0.29) is 31.6 Å². The average Bonchev–Trinajstić information content (AvgIpc) is 3.27. The zero-order valence-corrected chi connectivity index (χ0v) is 40.4. The molecule has 0 fully saturated rings. The van der Waals surface area contributed by atoms with Crippen LogP contribution in [0.1, 0.15) is 233 Å². The van der Waals surface area contributed by atoms with Gasteiger partial charge >= 0.3 is 17.9 Å². The lowest BCUT2D eigenvalue weighted by Gasteiger charge is -2.18. The summed E-state index contributed by atoms with van der Waals surface area (Å²) >= 11 is 0. The lowest BCUT2D eigenvalue weighted by Crippen LogP contribution is -2.30. The molecule has 0 aromatic rings. The number of hydrogen-bond donors (Lipinski definition) is 0. The van der Waals surface area contributed by atoms with Crippen molar-refractivity contribution in [2.45, 2.75) is 239 Å². The van der Waals surface area contributed by atoms with E-state index in [4.69, 9.17) is 14.2 Å². The van der Waals surface area contributed by atoms with Crippen LogP contribution in [0.3, 0.4) is 0 Å². The molecule has 0 aromatic heterocycles. The lowest BCUT2D eigenvalue weighted by atomic mass is 10.1. The van der Waals surface area contributed by atoms with E-state index >= 15 is 0 Å². The first kappa shape index (κ1) is 58.6. The predicted octanol–water partition coefficient (Wildman–Crippen LogP) is 16.8. The van der Waals surface area contributed by atoms with Gasteiger partial charge in [-0.05, 0) is 89.9 Å². The topological polar surface area (TPSA) is 78.9 Å². The van der Waals surface area contributed by atoms with Crippen molar-refractivity contribution in [2.75, 3.05) is 13.2 Å². The Hall–Kier alpha value is -3.41. The third kappa shape index (κ3) is 47.6. The largest absolute Gasteiger partial charge is 0.462 e. The Morgan fingerprint density at radius 2 is 0.742 bits per heavy atom. The fourth-order valence-electron chi connectivity index (χ4n) is 6.82. The zero-order chi connectivity index (χ0) is 45.1. The molecule has 0 saturated carbocycles. The molecule has 0 spiro atoms. The highest BCUT2D eigenvalue weighted by atomic mass is 16.6. The first-order chi connectivity index (χ1) is 30.5. The van der Waals surface area contributed by atoms with E-state index < -0.39 is 12.1 Å². The fourth-order valence-corrected chi connectivity index (χ4v) is 6.82. The highest BCUT2D eigenvalue weighted by molar-refractivity contribution is 5.72. The number of ether oxygens (including phenoxy) is 3. The maximum atomic E-state index is 12.8. The third-order valence-corrected chi connectivity index (χ3v) is 10.7. The van der Waals surface area contributed by atoms with Crippen LogP contribution >= 0.6 is 0 Å². The first-order valence-corrected chi connectivity index (χ1v) is 25.6. The summed E-state index contributed by atoms with van der Waals surface area (Å²) in [6, 6.07) is 0. The molecule has 0 N–H and O–H groups in total. The number of carbonyl (C=O) groups excluding carboxylic acids is 3. The first-order valence-electron chi connectivity index (χ1n) is 25.6. The average molecular weight is 863 g/mol. The Balaban J connectivity index is 4.41. The van der Waals surface area contributed by atoms with Gasteiger partial charge in [-0.15, -0.1) is 0 Å². The highest BCUT2D eigenvalue weighted by Crippen LogP contribution is 2.13. The van der Waals surface area contributed by atoms with Gasteiger partial charge in [-0.1, -0.05) is 209 Å². The van der Waals surface area contributed by atoms with Crippen LogP contribution in [0.15, 0.2) is 85.1 Å². The minimum atomic E-state index is -0.822. The number of esters is 3. The van der Waals surface area contributed by atoms with Crippen molar-refractivity contribution in [1.29, 1.82) is 0 Å². The van der Waals surface area contributed by atoms with Crippen LogP contribution in [-0.2, 0) is 28.6 Å². The standard InChI is InChI=1S/C56H94O6/c1-4-7-10-13-16-19-21-23-25-27-29-30-32-34-37-40-43-46-49-55(58)61-52-53(51-60-54(57)48-45-42-39-36-18-15-12-9-6-3)62-56(59)50-47-44-41-38-35-33-31-28-26-24-22-20-17-14-11-8-5-2/h9,12,17-18,20,24-27,29-30,36,42,45,53H,4-8,10-11,13-16,19,21-23,28,31-35,37-41,43-44,46-52H2,1-3H3/b12-9-,20-17-,26-24-,27-25-,30-29-,36-18-,45-42-. The SMILES string of the molecule is CC/C=C\C/C=C\C/C=C\CC(=O)OCC(COC(=O)CCCCCCC/C=C\C=C/CCCCCCCCC)OC(=O)CCCCCCCCC/C=C\C/C=C\CCCCC. The molecule has 1 unspecified atom stereocenters. The van der Waals surface area contributed by atoms with Gasteiger partial charge in [-0.25, -0.2) is 0 Å². The molecular weight excluding hydrogens is 769 g/mol. The Kier molecular flexibility index (Phi) is 47.5. The molecule has 0 aliphatic rings. The van der Waals surface area contributed by atoms with Gasteiger partial charge in [0.25, 0.3) is 0 Å². The van der Waals surface area contributed by atoms with Gasteiger partial charge in [-0.2, -0.15) is 0 Å². The molecule has 0 radical (unpaired) electrons. The second kappa shape index (κ2) is 50.2. The van der Waals surface area contributed by atoms with Gasteiger partial charge in [0.2, 0.25) is 0 Å². The molecule has 0 aliphatic heterocycles. The van der Waals surface area contributed by atoms with E-state index in [1.807, 2.05) is 6.08 Å². The van der Waals surface area contributed by atoms with Gasteiger partial charge < -0.3 is 14.2 Å². The summed E-state index contributed by atoms with van der Waals surface area (Å²) in [5.41, 5.74) is 0. The van der Waals surface area contributed by atoms with Crippen LogP contribution in [0.25, 0.3) is 0 Å². The molecule has 0 aliphatic carbocycles. The summed E-state index contributed by atoms with van der Waals surface area (Å²) in [6.07, 6.45) is 64.6. The minimum absolute atomic E-state index is 0.115. The summed E-state index contributed by atoms with van der Waals surface area (Å²) in [5.74, 6) is -1.07. The Morgan fingerprint density at radius 3 is 1.26 bits per heavy atom. The summed E-state index contributed by atoms with van der Waals surface area (Å²) in [6.45, 7) is 6.37. The summed E-state index contributed by atoms with van der Waals surface area (Å²) < 4.78 is 16.6. The molecule has 62 heavy (non-hydrogen) atoms. The monoisotopic (exact) mass is 863 g/mol. The second-order valence-electron chi connectivity index (χ2n) is 16.7. The molecular formula is C56H94O6. The molecule has 354 valence electrons. The predicted molar refractivity (Wildman–Crippen MR) is 265 cm³/mol. The van der Waals surface area contributed by atoms with Crippen LogP contribution < -0.4 is 0 Å². The maximum absolute atomic E-state index is 12.8. The van der Waals surface area contributed by atoms with E-state index in [9.17, 15) is 14.4 Å².